The second-order valence-corrected chi connectivity index (χ2v) is 7.14. The summed E-state index contributed by atoms with van der Waals surface area (Å²) in [5.41, 5.74) is 1.69. The number of aryl methyl sites for hydroxylation is 1. The average Bonchev–Trinajstić information content (AvgIpc) is 3.17. The summed E-state index contributed by atoms with van der Waals surface area (Å²) in [6.07, 6.45) is 2.30. The van der Waals surface area contributed by atoms with Gasteiger partial charge in [-0.25, -0.2) is 0 Å². The third kappa shape index (κ3) is 5.78. The van der Waals surface area contributed by atoms with Crippen LogP contribution in [0.3, 0.4) is 0 Å². The Morgan fingerprint density at radius 2 is 1.74 bits per heavy atom. The van der Waals surface area contributed by atoms with Crippen LogP contribution >= 0.6 is 0 Å². The number of ether oxygens (including phenoxy) is 2. The lowest BCUT2D eigenvalue weighted by molar-refractivity contribution is -0.133. The molecule has 0 bridgehead atoms. The lowest BCUT2D eigenvalue weighted by atomic mass is 10.2. The first kappa shape index (κ1) is 22.2. The van der Waals surface area contributed by atoms with Crippen LogP contribution in [0.1, 0.15) is 20.3 Å². The normalized spacial score (nSPS) is 10.7. The number of rotatable bonds is 10. The van der Waals surface area contributed by atoms with Crippen LogP contribution < -0.4 is 14.8 Å². The molecule has 0 aliphatic carbocycles. The van der Waals surface area contributed by atoms with E-state index >= 15 is 0 Å². The maximum Gasteiger partial charge on any atom is 0.243 e. The minimum Gasteiger partial charge on any atom is -0.490 e. The van der Waals surface area contributed by atoms with Crippen molar-refractivity contribution in [2.24, 2.45) is 0 Å². The third-order valence-corrected chi connectivity index (χ3v) is 4.88. The molecule has 0 atom stereocenters. The highest BCUT2D eigenvalue weighted by atomic mass is 16.5. The lowest BCUT2D eigenvalue weighted by Crippen LogP contribution is -2.35. The van der Waals surface area contributed by atoms with Crippen LogP contribution in [0.15, 0.2) is 54.7 Å². The van der Waals surface area contributed by atoms with Crippen LogP contribution in [0.25, 0.3) is 10.9 Å². The van der Waals surface area contributed by atoms with Crippen molar-refractivity contribution in [3.63, 3.8) is 0 Å². The van der Waals surface area contributed by atoms with E-state index in [1.165, 1.54) is 4.90 Å². The Morgan fingerprint density at radius 3 is 2.52 bits per heavy atom. The maximum absolute atomic E-state index is 12.5. The Kier molecular flexibility index (Phi) is 7.54. The van der Waals surface area contributed by atoms with E-state index in [0.29, 0.717) is 43.4 Å². The van der Waals surface area contributed by atoms with Crippen molar-refractivity contribution in [3.8, 4) is 11.5 Å². The van der Waals surface area contributed by atoms with Crippen LogP contribution in [-0.4, -0.2) is 48.1 Å². The van der Waals surface area contributed by atoms with Gasteiger partial charge in [-0.05, 0) is 43.5 Å². The number of aromatic nitrogens is 1. The zero-order valence-electron chi connectivity index (χ0n) is 18.3. The molecule has 2 aromatic carbocycles. The van der Waals surface area contributed by atoms with E-state index in [2.05, 4.69) is 9.88 Å². The summed E-state index contributed by atoms with van der Waals surface area (Å²) in [4.78, 5) is 26.4. The van der Waals surface area contributed by atoms with Gasteiger partial charge in [-0.15, -0.1) is 0 Å². The van der Waals surface area contributed by atoms with Crippen molar-refractivity contribution in [1.29, 1.82) is 0 Å². The number of carbonyl (C=O) groups is 2. The van der Waals surface area contributed by atoms with E-state index in [9.17, 15) is 9.59 Å². The second-order valence-electron chi connectivity index (χ2n) is 7.14. The summed E-state index contributed by atoms with van der Waals surface area (Å²) in [6.45, 7) is 5.34. The maximum atomic E-state index is 12.5. The fourth-order valence-corrected chi connectivity index (χ4v) is 3.38. The number of nitrogens with zero attached hydrogens (tertiary/aromatic N) is 2. The minimum absolute atomic E-state index is 0.0254. The molecule has 3 aromatic rings. The zero-order valence-corrected chi connectivity index (χ0v) is 18.3. The number of amides is 2. The van der Waals surface area contributed by atoms with Gasteiger partial charge in [0.25, 0.3) is 0 Å². The Hall–Kier alpha value is -3.48. The van der Waals surface area contributed by atoms with Gasteiger partial charge in [0.1, 0.15) is 0 Å². The van der Waals surface area contributed by atoms with Crippen LogP contribution in [-0.2, 0) is 16.1 Å². The number of para-hydroxylation sites is 1. The predicted molar refractivity (Wildman–Crippen MR) is 122 cm³/mol. The molecule has 1 N–H and O–H groups in total. The standard InChI is InChI=1S/C24H29N3O4/c1-4-30-21-11-10-19(16-22(21)31-5-2)25-23(28)17-26(3)24(29)13-15-27-14-12-18-8-6-7-9-20(18)27/h6-12,14,16H,4-5,13,15,17H2,1-3H3,(H,25,28). The topological polar surface area (TPSA) is 72.8 Å². The number of fused-ring (bicyclic) bond motifs is 1. The summed E-state index contributed by atoms with van der Waals surface area (Å²) >= 11 is 0. The first-order valence-electron chi connectivity index (χ1n) is 10.5. The lowest BCUT2D eigenvalue weighted by Gasteiger charge is -2.18. The van der Waals surface area contributed by atoms with Gasteiger partial charge in [0, 0.05) is 43.5 Å². The van der Waals surface area contributed by atoms with Crippen LogP contribution in [0.4, 0.5) is 5.69 Å². The number of hydrogen-bond donors (Lipinski definition) is 1. The van der Waals surface area contributed by atoms with E-state index in [1.807, 2.05) is 50.4 Å². The quantitative estimate of drug-likeness (QED) is 0.536. The van der Waals surface area contributed by atoms with Gasteiger partial charge in [-0.1, -0.05) is 18.2 Å². The SMILES string of the molecule is CCOc1ccc(NC(=O)CN(C)C(=O)CCn2ccc3ccccc32)cc1OCC. The average molecular weight is 424 g/mol. The molecule has 0 spiro atoms. The van der Waals surface area contributed by atoms with E-state index in [4.69, 9.17) is 9.47 Å². The first-order chi connectivity index (χ1) is 15.0. The Morgan fingerprint density at radius 1 is 1.00 bits per heavy atom. The summed E-state index contributed by atoms with van der Waals surface area (Å²) in [5, 5.41) is 3.96. The number of nitrogens with one attached hydrogen (secondary N) is 1. The Bertz CT molecular complexity index is 1040. The van der Waals surface area contributed by atoms with Gasteiger partial charge in [0.05, 0.1) is 19.8 Å². The smallest absolute Gasteiger partial charge is 0.243 e. The van der Waals surface area contributed by atoms with Gasteiger partial charge in [-0.2, -0.15) is 0 Å². The molecule has 164 valence electrons. The Labute approximate surface area is 182 Å². The molecule has 0 saturated heterocycles. The van der Waals surface area contributed by atoms with Crippen molar-refractivity contribution in [3.05, 3.63) is 54.7 Å². The van der Waals surface area contributed by atoms with Crippen molar-refractivity contribution in [1.82, 2.24) is 9.47 Å². The molecule has 7 heteroatoms. The molecule has 31 heavy (non-hydrogen) atoms. The van der Waals surface area contributed by atoms with E-state index < -0.39 is 0 Å². The van der Waals surface area contributed by atoms with Crippen molar-refractivity contribution in [2.45, 2.75) is 26.8 Å². The largest absolute Gasteiger partial charge is 0.490 e. The summed E-state index contributed by atoms with van der Waals surface area (Å²) < 4.78 is 13.2. The van der Waals surface area contributed by atoms with Crippen LogP contribution in [0.2, 0.25) is 0 Å². The minimum atomic E-state index is -0.270. The molecule has 0 aliphatic heterocycles. The molecular weight excluding hydrogens is 394 g/mol. The number of carbonyl (C=O) groups excluding carboxylic acids is 2. The third-order valence-electron chi connectivity index (χ3n) is 4.88. The molecule has 1 heterocycles. The molecule has 0 aliphatic rings. The molecule has 3 rings (SSSR count). The highest BCUT2D eigenvalue weighted by Gasteiger charge is 2.15. The van der Waals surface area contributed by atoms with Crippen LogP contribution in [0.5, 0.6) is 11.5 Å². The molecular formula is C24H29N3O4. The summed E-state index contributed by atoms with van der Waals surface area (Å²) in [5.74, 6) is 0.848. The van der Waals surface area contributed by atoms with Gasteiger partial charge in [-0.3, -0.25) is 9.59 Å². The molecule has 0 unspecified atom stereocenters. The fourth-order valence-electron chi connectivity index (χ4n) is 3.38. The molecule has 2 amide bonds. The van der Waals surface area contributed by atoms with Crippen molar-refractivity contribution in [2.75, 3.05) is 32.1 Å². The summed E-state index contributed by atoms with van der Waals surface area (Å²) in [6, 6.07) is 15.3. The number of hydrogen-bond acceptors (Lipinski definition) is 4. The Balaban J connectivity index is 1.53. The zero-order chi connectivity index (χ0) is 22.2. The van der Waals surface area contributed by atoms with Gasteiger partial charge < -0.3 is 24.3 Å². The molecule has 0 fully saturated rings. The van der Waals surface area contributed by atoms with E-state index in [1.54, 1.807) is 25.2 Å². The number of likely N-dealkylation sites (N-methyl/N-ethyl adjacent to an activating group) is 1. The molecule has 1 aromatic heterocycles. The highest BCUT2D eigenvalue weighted by Crippen LogP contribution is 2.30. The van der Waals surface area contributed by atoms with Crippen molar-refractivity contribution < 1.29 is 19.1 Å². The number of anilines is 1. The molecule has 7 nitrogen and oxygen atoms in total. The molecule has 0 saturated carbocycles. The number of benzene rings is 2. The highest BCUT2D eigenvalue weighted by molar-refractivity contribution is 5.94. The van der Waals surface area contributed by atoms with Gasteiger partial charge in [0.2, 0.25) is 11.8 Å². The van der Waals surface area contributed by atoms with E-state index in [0.717, 1.165) is 10.9 Å². The predicted octanol–water partition coefficient (Wildman–Crippen LogP) is 3.93. The summed E-state index contributed by atoms with van der Waals surface area (Å²) in [7, 11) is 1.64. The van der Waals surface area contributed by atoms with Gasteiger partial charge >= 0.3 is 0 Å². The van der Waals surface area contributed by atoms with Crippen LogP contribution in [0, 0.1) is 0 Å². The van der Waals surface area contributed by atoms with Gasteiger partial charge in [0.15, 0.2) is 11.5 Å². The monoisotopic (exact) mass is 423 g/mol. The first-order valence-corrected chi connectivity index (χ1v) is 10.5. The van der Waals surface area contributed by atoms with E-state index in [-0.39, 0.29) is 18.4 Å². The van der Waals surface area contributed by atoms with Crippen molar-refractivity contribution >= 4 is 28.4 Å². The fraction of sp³-hybridized carbons (Fsp3) is 0.333. The second kappa shape index (κ2) is 10.5. The molecule has 0 radical (unpaired) electrons.